The van der Waals surface area contributed by atoms with E-state index in [1.54, 1.807) is 30.7 Å². The van der Waals surface area contributed by atoms with Gasteiger partial charge >= 0.3 is 0 Å². The van der Waals surface area contributed by atoms with Crippen LogP contribution in [0.5, 0.6) is 0 Å². The second-order valence-corrected chi connectivity index (χ2v) is 12.4. The Balaban J connectivity index is 1.53. The fraction of sp³-hybridized carbons (Fsp3) is 0.281. The molecule has 2 aromatic heterocycles. The second-order valence-electron chi connectivity index (χ2n) is 12.4. The zero-order chi connectivity index (χ0) is 29.5. The molecule has 10 heteroatoms. The number of pyridine rings is 2. The molecule has 1 aliphatic carbocycles. The molecule has 42 heavy (non-hydrogen) atoms. The Morgan fingerprint density at radius 1 is 1.12 bits per heavy atom. The Hall–Kier alpha value is -4.62. The maximum absolute atomic E-state index is 14.0. The number of rotatable bonds is 8. The lowest BCUT2D eigenvalue weighted by Gasteiger charge is -2.34. The monoisotopic (exact) mass is 560 g/mol. The van der Waals surface area contributed by atoms with Crippen molar-refractivity contribution in [2.45, 2.75) is 45.1 Å². The van der Waals surface area contributed by atoms with Crippen LogP contribution in [0.25, 0.3) is 22.0 Å². The van der Waals surface area contributed by atoms with Gasteiger partial charge in [-0.15, -0.1) is 5.53 Å². The first kappa shape index (κ1) is 27.5. The quantitative estimate of drug-likeness (QED) is 0.224. The van der Waals surface area contributed by atoms with Crippen LogP contribution in [0.3, 0.4) is 0 Å². The van der Waals surface area contributed by atoms with Crippen LogP contribution < -0.4 is 21.6 Å². The van der Waals surface area contributed by atoms with Crippen molar-refractivity contribution in [2.24, 2.45) is 5.41 Å². The van der Waals surface area contributed by atoms with E-state index in [0.717, 1.165) is 57.5 Å². The number of hydrogen-bond donors (Lipinski definition) is 4. The van der Waals surface area contributed by atoms with Crippen molar-refractivity contribution in [3.05, 3.63) is 96.0 Å². The number of fused-ring (bicyclic) bond motifs is 1. The average Bonchev–Trinajstić information content (AvgIpc) is 3.71. The number of nitriles is 1. The zero-order valence-electron chi connectivity index (χ0n) is 24.3. The zero-order valence-corrected chi connectivity index (χ0v) is 24.3. The summed E-state index contributed by atoms with van der Waals surface area (Å²) in [6.07, 6.45) is 9.52. The summed E-state index contributed by atoms with van der Waals surface area (Å²) in [5.41, 5.74) is 12.4. The predicted molar refractivity (Wildman–Crippen MR) is 167 cm³/mol. The van der Waals surface area contributed by atoms with Crippen LogP contribution in [0.15, 0.2) is 79.0 Å². The Morgan fingerprint density at radius 2 is 1.86 bits per heavy atom. The van der Waals surface area contributed by atoms with Crippen LogP contribution in [0.2, 0.25) is 0 Å². The van der Waals surface area contributed by atoms with Crippen LogP contribution in [0.1, 0.15) is 44.7 Å². The molecule has 2 aromatic carbocycles. The smallest absolute Gasteiger partial charge is 0.148 e. The van der Waals surface area contributed by atoms with Crippen molar-refractivity contribution >= 4 is 30.1 Å². The third-order valence-corrected chi connectivity index (χ3v) is 7.76. The van der Waals surface area contributed by atoms with Crippen LogP contribution in [0.4, 0.5) is 15.8 Å². The van der Waals surface area contributed by atoms with Gasteiger partial charge in [-0.05, 0) is 65.8 Å². The molecule has 0 radical (unpaired) electrons. The maximum Gasteiger partial charge on any atom is 0.148 e. The molecule has 2 aliphatic rings. The third-order valence-electron chi connectivity index (χ3n) is 7.76. The Bertz CT molecular complexity index is 1690. The summed E-state index contributed by atoms with van der Waals surface area (Å²) in [5, 5.41) is 20.3. The predicted octanol–water partition coefficient (Wildman–Crippen LogP) is 4.99. The third kappa shape index (κ3) is 5.48. The Labute approximate surface area is 246 Å². The topological polar surface area (TPSA) is 101 Å². The summed E-state index contributed by atoms with van der Waals surface area (Å²) >= 11 is 0. The Kier molecular flexibility index (Phi) is 6.99. The van der Waals surface area contributed by atoms with Gasteiger partial charge in [-0.25, -0.2) is 4.39 Å². The van der Waals surface area contributed by atoms with E-state index in [4.69, 9.17) is 4.98 Å². The minimum Gasteiger partial charge on any atom is -0.383 e. The molecular formula is C32H34BFN8. The van der Waals surface area contributed by atoms with Gasteiger partial charge in [0.15, 0.2) is 0 Å². The largest absolute Gasteiger partial charge is 0.383 e. The molecule has 0 spiro atoms. The highest BCUT2D eigenvalue weighted by atomic mass is 19.1. The number of aromatic nitrogens is 2. The maximum atomic E-state index is 14.0. The van der Waals surface area contributed by atoms with E-state index < -0.39 is 5.44 Å². The van der Waals surface area contributed by atoms with E-state index in [1.807, 2.05) is 18.2 Å². The van der Waals surface area contributed by atoms with E-state index in [2.05, 4.69) is 78.5 Å². The fourth-order valence-corrected chi connectivity index (χ4v) is 5.25. The standard InChI is InChI=1S/C32H34BFN8/c1-31(2,3)19-38-29-21(16-35)17-37-30-26(20-10-12-36-13-11-20)14-24(15-27(29)30)39-32(33,22-4-6-23(34)7-5-22)28-18-42(41-40-28)25-8-9-25/h4-7,10-15,17-18,25,39-41H,8-9,19,33H2,1-3H3,(H,37,38). The number of nitrogens with zero attached hydrogens (tertiary/aromatic N) is 4. The molecule has 0 saturated heterocycles. The second kappa shape index (κ2) is 10.7. The molecule has 1 saturated carbocycles. The van der Waals surface area contributed by atoms with Crippen molar-refractivity contribution in [1.29, 1.82) is 5.26 Å². The van der Waals surface area contributed by atoms with E-state index >= 15 is 0 Å². The van der Waals surface area contributed by atoms with Crippen molar-refractivity contribution in [1.82, 2.24) is 25.9 Å². The molecular weight excluding hydrogens is 526 g/mol. The molecule has 1 unspecified atom stereocenters. The van der Waals surface area contributed by atoms with Gasteiger partial charge in [-0.2, -0.15) is 5.26 Å². The van der Waals surface area contributed by atoms with Crippen molar-refractivity contribution in [2.75, 3.05) is 17.2 Å². The molecule has 8 nitrogen and oxygen atoms in total. The normalized spacial score (nSPS) is 16.4. The first-order valence-electron chi connectivity index (χ1n) is 14.2. The lowest BCUT2D eigenvalue weighted by Crippen LogP contribution is -2.45. The van der Waals surface area contributed by atoms with Crippen LogP contribution in [-0.2, 0) is 5.44 Å². The Morgan fingerprint density at radius 3 is 2.52 bits per heavy atom. The summed E-state index contributed by atoms with van der Waals surface area (Å²) in [7, 11) is 2.08. The molecule has 1 aliphatic heterocycles. The number of anilines is 2. The molecule has 0 bridgehead atoms. The van der Waals surface area contributed by atoms with Gasteiger partial charge in [0, 0.05) is 54.0 Å². The molecule has 1 fully saturated rings. The number of hydrazine groups is 2. The molecule has 1 atom stereocenters. The van der Waals surface area contributed by atoms with E-state index in [1.165, 1.54) is 12.1 Å². The minimum absolute atomic E-state index is 0.00564. The summed E-state index contributed by atoms with van der Waals surface area (Å²) in [5.74, 6) is -0.289. The van der Waals surface area contributed by atoms with Gasteiger partial charge in [-0.1, -0.05) is 32.9 Å². The molecule has 6 rings (SSSR count). The molecule has 0 amide bonds. The van der Waals surface area contributed by atoms with Crippen molar-refractivity contribution < 1.29 is 4.39 Å². The van der Waals surface area contributed by atoms with Gasteiger partial charge in [0.1, 0.15) is 19.7 Å². The number of halogens is 1. The van der Waals surface area contributed by atoms with Gasteiger partial charge in [-0.3, -0.25) is 15.0 Å². The number of hydrogen-bond acceptors (Lipinski definition) is 8. The summed E-state index contributed by atoms with van der Waals surface area (Å²) in [6, 6.07) is 17.4. The molecule has 4 N–H and O–H groups in total. The first-order valence-corrected chi connectivity index (χ1v) is 14.2. The summed E-state index contributed by atoms with van der Waals surface area (Å²) < 4.78 is 14.0. The van der Waals surface area contributed by atoms with Crippen molar-refractivity contribution in [3.8, 4) is 17.2 Å². The highest BCUT2D eigenvalue weighted by Gasteiger charge is 2.38. The summed E-state index contributed by atoms with van der Waals surface area (Å²) in [6.45, 7) is 7.14. The van der Waals surface area contributed by atoms with Crippen LogP contribution in [0, 0.1) is 22.6 Å². The molecule has 212 valence electrons. The fourth-order valence-electron chi connectivity index (χ4n) is 5.25. The van der Waals surface area contributed by atoms with E-state index in [9.17, 15) is 9.65 Å². The molecule has 3 heterocycles. The number of benzene rings is 2. The highest BCUT2D eigenvalue weighted by molar-refractivity contribution is 6.19. The molecule has 4 aromatic rings. The van der Waals surface area contributed by atoms with Gasteiger partial charge in [0.25, 0.3) is 0 Å². The van der Waals surface area contributed by atoms with Gasteiger partial charge in [0.05, 0.1) is 27.9 Å². The highest BCUT2D eigenvalue weighted by Crippen LogP contribution is 2.39. The average molecular weight is 560 g/mol. The van der Waals surface area contributed by atoms with Crippen LogP contribution >= 0.6 is 0 Å². The SMILES string of the molecule is BC(Nc1cc(-c2ccncc2)c2ncc(C#N)c(NCC(C)(C)C)c2c1)(C1=CN(C2CC2)NN1)c1ccc(F)cc1. The number of nitrogens with one attached hydrogen (secondary N) is 4. The van der Waals surface area contributed by atoms with E-state index in [-0.39, 0.29) is 11.2 Å². The van der Waals surface area contributed by atoms with Gasteiger partial charge < -0.3 is 16.1 Å². The lowest BCUT2D eigenvalue weighted by atomic mass is 9.69. The van der Waals surface area contributed by atoms with Crippen molar-refractivity contribution in [3.63, 3.8) is 0 Å². The first-order chi connectivity index (χ1) is 20.1. The summed E-state index contributed by atoms with van der Waals surface area (Å²) in [4.78, 5) is 8.97. The minimum atomic E-state index is -0.757. The van der Waals surface area contributed by atoms with Crippen LogP contribution in [-0.4, -0.2) is 35.4 Å². The van der Waals surface area contributed by atoms with E-state index in [0.29, 0.717) is 18.2 Å². The van der Waals surface area contributed by atoms with Gasteiger partial charge in [0.2, 0.25) is 0 Å². The lowest BCUT2D eigenvalue weighted by molar-refractivity contribution is 0.260.